The van der Waals surface area contributed by atoms with Gasteiger partial charge >= 0.3 is 5.97 Å². The third-order valence-corrected chi connectivity index (χ3v) is 5.12. The summed E-state index contributed by atoms with van der Waals surface area (Å²) in [7, 11) is 0. The molecule has 2 aromatic rings. The molecular weight excluding hydrogens is 314 g/mol. The molecule has 0 aromatic heterocycles. The van der Waals surface area contributed by atoms with Gasteiger partial charge in [-0.3, -0.25) is 4.79 Å². The Morgan fingerprint density at radius 1 is 1.00 bits per heavy atom. The van der Waals surface area contributed by atoms with Crippen LogP contribution in [0, 0.1) is 0 Å². The SMILES string of the molecule is C[C@H](OC(=O)c1ccc2c(c1)CCC2)C(=O)N1CCc2ccccc21. The predicted molar refractivity (Wildman–Crippen MR) is 95.8 cm³/mol. The highest BCUT2D eigenvalue weighted by Gasteiger charge is 2.30. The number of hydrogen-bond acceptors (Lipinski definition) is 3. The zero-order valence-electron chi connectivity index (χ0n) is 14.3. The topological polar surface area (TPSA) is 46.6 Å². The van der Waals surface area contributed by atoms with Crippen LogP contribution < -0.4 is 4.90 Å². The Labute approximate surface area is 147 Å². The molecule has 1 heterocycles. The van der Waals surface area contributed by atoms with Crippen LogP contribution in [0.4, 0.5) is 5.69 Å². The molecule has 1 atom stereocenters. The van der Waals surface area contributed by atoms with Gasteiger partial charge in [0.15, 0.2) is 6.10 Å². The third-order valence-electron chi connectivity index (χ3n) is 5.12. The van der Waals surface area contributed by atoms with Crippen molar-refractivity contribution in [2.45, 2.75) is 38.7 Å². The van der Waals surface area contributed by atoms with Gasteiger partial charge in [-0.2, -0.15) is 0 Å². The van der Waals surface area contributed by atoms with Crippen LogP contribution in [0.2, 0.25) is 0 Å². The molecule has 0 saturated heterocycles. The summed E-state index contributed by atoms with van der Waals surface area (Å²) in [5.74, 6) is -0.595. The van der Waals surface area contributed by atoms with Crippen molar-refractivity contribution in [1.82, 2.24) is 0 Å². The Morgan fingerprint density at radius 3 is 2.68 bits per heavy atom. The molecule has 4 nitrogen and oxygen atoms in total. The molecule has 0 radical (unpaired) electrons. The molecule has 4 heteroatoms. The number of carbonyl (C=O) groups excluding carboxylic acids is 2. The summed E-state index contributed by atoms with van der Waals surface area (Å²) in [4.78, 5) is 26.9. The summed E-state index contributed by atoms with van der Waals surface area (Å²) < 4.78 is 5.46. The first kappa shape index (κ1) is 15.9. The molecular formula is C21H21NO3. The Bertz CT molecular complexity index is 843. The van der Waals surface area contributed by atoms with Crippen molar-refractivity contribution in [3.05, 3.63) is 64.7 Å². The number of hydrogen-bond donors (Lipinski definition) is 0. The van der Waals surface area contributed by atoms with E-state index in [1.165, 1.54) is 11.1 Å². The van der Waals surface area contributed by atoms with Gasteiger partial charge in [-0.05, 0) is 67.5 Å². The van der Waals surface area contributed by atoms with Crippen molar-refractivity contribution in [2.24, 2.45) is 0 Å². The molecule has 0 spiro atoms. The molecule has 0 saturated carbocycles. The lowest BCUT2D eigenvalue weighted by molar-refractivity contribution is -0.126. The molecule has 25 heavy (non-hydrogen) atoms. The highest BCUT2D eigenvalue weighted by atomic mass is 16.5. The number of rotatable bonds is 3. The fourth-order valence-electron chi connectivity index (χ4n) is 3.76. The fourth-order valence-corrected chi connectivity index (χ4v) is 3.76. The zero-order chi connectivity index (χ0) is 17.4. The van der Waals surface area contributed by atoms with Gasteiger partial charge in [-0.15, -0.1) is 0 Å². The minimum absolute atomic E-state index is 0.167. The van der Waals surface area contributed by atoms with Crippen molar-refractivity contribution >= 4 is 17.6 Å². The number of nitrogens with zero attached hydrogens (tertiary/aromatic N) is 1. The number of amides is 1. The molecule has 4 rings (SSSR count). The van der Waals surface area contributed by atoms with Gasteiger partial charge < -0.3 is 9.64 Å². The van der Waals surface area contributed by atoms with Crippen LogP contribution in [-0.4, -0.2) is 24.5 Å². The predicted octanol–water partition coefficient (Wildman–Crippen LogP) is 3.31. The second-order valence-corrected chi connectivity index (χ2v) is 6.75. The summed E-state index contributed by atoms with van der Waals surface area (Å²) in [5, 5.41) is 0. The van der Waals surface area contributed by atoms with Gasteiger partial charge in [0.2, 0.25) is 0 Å². The number of fused-ring (bicyclic) bond motifs is 2. The molecule has 1 aliphatic heterocycles. The van der Waals surface area contributed by atoms with E-state index in [1.54, 1.807) is 17.9 Å². The van der Waals surface area contributed by atoms with Gasteiger partial charge in [0, 0.05) is 12.2 Å². The van der Waals surface area contributed by atoms with E-state index in [-0.39, 0.29) is 5.91 Å². The molecule has 2 aliphatic rings. The Balaban J connectivity index is 1.46. The van der Waals surface area contributed by atoms with Crippen molar-refractivity contribution in [1.29, 1.82) is 0 Å². The van der Waals surface area contributed by atoms with Crippen LogP contribution in [0.25, 0.3) is 0 Å². The van der Waals surface area contributed by atoms with Crippen molar-refractivity contribution in [3.8, 4) is 0 Å². The number of esters is 1. The van der Waals surface area contributed by atoms with Crippen molar-refractivity contribution in [3.63, 3.8) is 0 Å². The average molecular weight is 335 g/mol. The van der Waals surface area contributed by atoms with Gasteiger partial charge in [0.05, 0.1) is 5.56 Å². The van der Waals surface area contributed by atoms with Gasteiger partial charge in [0.25, 0.3) is 5.91 Å². The maximum Gasteiger partial charge on any atom is 0.338 e. The number of benzene rings is 2. The summed E-state index contributed by atoms with van der Waals surface area (Å²) in [6, 6.07) is 13.6. The minimum Gasteiger partial charge on any atom is -0.449 e. The largest absolute Gasteiger partial charge is 0.449 e. The lowest BCUT2D eigenvalue weighted by Gasteiger charge is -2.21. The highest BCUT2D eigenvalue weighted by Crippen LogP contribution is 2.28. The van der Waals surface area contributed by atoms with Crippen LogP contribution in [0.15, 0.2) is 42.5 Å². The lowest BCUT2D eigenvalue weighted by atomic mass is 10.1. The monoisotopic (exact) mass is 335 g/mol. The first-order valence-corrected chi connectivity index (χ1v) is 8.85. The standard InChI is InChI=1S/C21H21NO3/c1-14(20(23)22-12-11-16-5-2-3-8-19(16)22)25-21(24)18-10-9-15-6-4-7-17(15)13-18/h2-3,5,8-10,13-14H,4,6-7,11-12H2,1H3/t14-/m0/s1. The van der Waals surface area contributed by atoms with E-state index in [9.17, 15) is 9.59 Å². The van der Waals surface area contributed by atoms with Crippen molar-refractivity contribution in [2.75, 3.05) is 11.4 Å². The van der Waals surface area contributed by atoms with E-state index >= 15 is 0 Å². The molecule has 1 aliphatic carbocycles. The summed E-state index contributed by atoms with van der Waals surface area (Å²) in [6.07, 6.45) is 3.26. The minimum atomic E-state index is -0.799. The molecule has 1 amide bonds. The Morgan fingerprint density at radius 2 is 1.80 bits per heavy atom. The van der Waals surface area contributed by atoms with E-state index in [4.69, 9.17) is 4.74 Å². The normalized spacial score (nSPS) is 16.3. The molecule has 2 aromatic carbocycles. The summed E-state index contributed by atoms with van der Waals surface area (Å²) in [5.41, 5.74) is 5.15. The Hall–Kier alpha value is -2.62. The highest BCUT2D eigenvalue weighted by molar-refractivity contribution is 6.00. The van der Waals surface area contributed by atoms with Gasteiger partial charge in [0.1, 0.15) is 0 Å². The molecule has 128 valence electrons. The molecule has 0 fully saturated rings. The zero-order valence-corrected chi connectivity index (χ0v) is 14.3. The van der Waals surface area contributed by atoms with Gasteiger partial charge in [-0.1, -0.05) is 24.3 Å². The number of para-hydroxylation sites is 1. The van der Waals surface area contributed by atoms with Crippen molar-refractivity contribution < 1.29 is 14.3 Å². The van der Waals surface area contributed by atoms with Gasteiger partial charge in [-0.25, -0.2) is 4.79 Å². The smallest absolute Gasteiger partial charge is 0.338 e. The summed E-state index contributed by atoms with van der Waals surface area (Å²) >= 11 is 0. The van der Waals surface area contributed by atoms with Crippen LogP contribution >= 0.6 is 0 Å². The number of carbonyl (C=O) groups is 2. The molecule has 0 unspecified atom stereocenters. The van der Waals surface area contributed by atoms with Crippen LogP contribution in [0.1, 0.15) is 40.4 Å². The maximum atomic E-state index is 12.7. The van der Waals surface area contributed by atoms with Crippen LogP contribution in [0.5, 0.6) is 0 Å². The number of anilines is 1. The van der Waals surface area contributed by atoms with E-state index in [0.29, 0.717) is 12.1 Å². The van der Waals surface area contributed by atoms with E-state index in [2.05, 4.69) is 0 Å². The first-order chi connectivity index (χ1) is 12.1. The first-order valence-electron chi connectivity index (χ1n) is 8.85. The quantitative estimate of drug-likeness (QED) is 0.809. The average Bonchev–Trinajstić information content (AvgIpc) is 3.26. The number of ether oxygens (including phenoxy) is 1. The third kappa shape index (κ3) is 2.93. The molecule has 0 bridgehead atoms. The second-order valence-electron chi connectivity index (χ2n) is 6.75. The number of aryl methyl sites for hydroxylation is 2. The fraction of sp³-hybridized carbons (Fsp3) is 0.333. The van der Waals surface area contributed by atoms with E-state index in [1.807, 2.05) is 36.4 Å². The lowest BCUT2D eigenvalue weighted by Crippen LogP contribution is -2.39. The molecule has 0 N–H and O–H groups in total. The van der Waals surface area contributed by atoms with E-state index in [0.717, 1.165) is 36.9 Å². The van der Waals surface area contributed by atoms with Crippen LogP contribution in [0.3, 0.4) is 0 Å². The maximum absolute atomic E-state index is 12.7. The summed E-state index contributed by atoms with van der Waals surface area (Å²) in [6.45, 7) is 2.29. The van der Waals surface area contributed by atoms with E-state index < -0.39 is 12.1 Å². The Kier molecular flexibility index (Phi) is 4.04. The van der Waals surface area contributed by atoms with Crippen LogP contribution in [-0.2, 0) is 28.8 Å². The second kappa shape index (κ2) is 6.36.